The van der Waals surface area contributed by atoms with E-state index in [2.05, 4.69) is 118 Å². The first-order valence-electron chi connectivity index (χ1n) is 9.48. The summed E-state index contributed by atoms with van der Waals surface area (Å²) in [5.41, 5.74) is 2.85. The normalized spacial score (nSPS) is 20.7. The number of benzene rings is 2. The monoisotopic (exact) mass is 377 g/mol. The van der Waals surface area contributed by atoms with Crippen molar-refractivity contribution in [2.24, 2.45) is 0 Å². The van der Waals surface area contributed by atoms with E-state index < -0.39 is 16.5 Å². The van der Waals surface area contributed by atoms with E-state index in [1.54, 1.807) is 0 Å². The summed E-state index contributed by atoms with van der Waals surface area (Å²) >= 11 is 0. The summed E-state index contributed by atoms with van der Waals surface area (Å²) in [6, 6.07) is 22.4. The Bertz CT molecular complexity index is 792. The lowest BCUT2D eigenvalue weighted by atomic mass is 10.1. The highest BCUT2D eigenvalue weighted by atomic mass is 28.4. The minimum Gasteiger partial charge on any atom is -0.352 e. The fourth-order valence-corrected chi connectivity index (χ4v) is 15.2. The van der Waals surface area contributed by atoms with Crippen molar-refractivity contribution in [1.82, 2.24) is 4.65 Å². The average molecular weight is 378 g/mol. The molecule has 1 N–H and O–H groups in total. The van der Waals surface area contributed by atoms with Crippen molar-refractivity contribution >= 4 is 26.8 Å². The molecule has 0 heterocycles. The van der Waals surface area contributed by atoms with Crippen molar-refractivity contribution in [2.75, 3.05) is 0 Å². The summed E-state index contributed by atoms with van der Waals surface area (Å²) in [6.07, 6.45) is 4.89. The molecule has 136 valence electrons. The van der Waals surface area contributed by atoms with Gasteiger partial charge >= 0.3 is 0 Å². The second-order valence-corrected chi connectivity index (χ2v) is 18.0. The Morgan fingerprint density at radius 2 is 1.23 bits per heavy atom. The second-order valence-electron chi connectivity index (χ2n) is 8.78. The van der Waals surface area contributed by atoms with Crippen LogP contribution < -0.4 is 15.0 Å². The van der Waals surface area contributed by atoms with E-state index >= 15 is 0 Å². The van der Waals surface area contributed by atoms with E-state index in [9.17, 15) is 0 Å². The molecule has 0 aliphatic heterocycles. The van der Waals surface area contributed by atoms with Crippen LogP contribution in [0.5, 0.6) is 0 Å². The van der Waals surface area contributed by atoms with Gasteiger partial charge in [0.15, 0.2) is 8.24 Å². The predicted molar refractivity (Wildman–Crippen MR) is 120 cm³/mol. The van der Waals surface area contributed by atoms with Gasteiger partial charge in [-0.25, -0.2) is 0 Å². The Hall–Kier alpha value is -1.69. The van der Waals surface area contributed by atoms with Crippen LogP contribution in [0.15, 0.2) is 84.0 Å². The zero-order chi connectivity index (χ0) is 19.0. The Kier molecular flexibility index (Phi) is 4.99. The SMILES string of the molecule is CC1=CC(C)([Si](N[Si](C)(C)C)(c2ccccc2)c2ccccc2)C(C)=C1. The molecule has 0 amide bonds. The van der Waals surface area contributed by atoms with Gasteiger partial charge in [-0.3, -0.25) is 0 Å². The Labute approximate surface area is 161 Å². The Balaban J connectivity index is 2.39. The van der Waals surface area contributed by atoms with Gasteiger partial charge in [-0.15, -0.1) is 0 Å². The first-order chi connectivity index (χ1) is 12.2. The lowest BCUT2D eigenvalue weighted by molar-refractivity contribution is 0.851. The van der Waals surface area contributed by atoms with Gasteiger partial charge in [0.2, 0.25) is 0 Å². The summed E-state index contributed by atoms with van der Waals surface area (Å²) in [6.45, 7) is 14.3. The van der Waals surface area contributed by atoms with E-state index in [4.69, 9.17) is 0 Å². The van der Waals surface area contributed by atoms with Crippen LogP contribution in [0.2, 0.25) is 24.7 Å². The molecule has 0 aromatic heterocycles. The predicted octanol–water partition coefficient (Wildman–Crippen LogP) is 4.84. The van der Waals surface area contributed by atoms with Crippen LogP contribution >= 0.6 is 0 Å². The molecular weight excluding hydrogens is 346 g/mol. The van der Waals surface area contributed by atoms with Gasteiger partial charge in [0.05, 0.1) is 0 Å². The number of hydrogen-bond donors (Lipinski definition) is 1. The molecule has 2 aromatic carbocycles. The topological polar surface area (TPSA) is 12.0 Å². The average Bonchev–Trinajstić information content (AvgIpc) is 2.86. The largest absolute Gasteiger partial charge is 0.352 e. The van der Waals surface area contributed by atoms with Gasteiger partial charge < -0.3 is 4.65 Å². The number of allylic oxidation sites excluding steroid dienone is 4. The van der Waals surface area contributed by atoms with Crippen LogP contribution in [0.25, 0.3) is 0 Å². The number of rotatable bonds is 5. The molecule has 1 aliphatic rings. The third kappa shape index (κ3) is 3.20. The fourth-order valence-electron chi connectivity index (χ4n) is 4.49. The van der Waals surface area contributed by atoms with Gasteiger partial charge in [-0.2, -0.15) is 0 Å². The minimum atomic E-state index is -2.31. The molecule has 3 heteroatoms. The molecule has 1 unspecified atom stereocenters. The van der Waals surface area contributed by atoms with Crippen molar-refractivity contribution in [2.45, 2.75) is 45.5 Å². The quantitative estimate of drug-likeness (QED) is 0.735. The highest BCUT2D eigenvalue weighted by Gasteiger charge is 2.55. The van der Waals surface area contributed by atoms with Crippen LogP contribution in [-0.2, 0) is 0 Å². The third-order valence-corrected chi connectivity index (χ3v) is 14.5. The van der Waals surface area contributed by atoms with E-state index in [1.165, 1.54) is 21.5 Å². The molecule has 1 nitrogen and oxygen atoms in total. The van der Waals surface area contributed by atoms with Gasteiger partial charge in [0.25, 0.3) is 0 Å². The number of hydrogen-bond acceptors (Lipinski definition) is 1. The van der Waals surface area contributed by atoms with Gasteiger partial charge in [0.1, 0.15) is 8.24 Å². The van der Waals surface area contributed by atoms with E-state index in [-0.39, 0.29) is 5.04 Å². The summed E-state index contributed by atoms with van der Waals surface area (Å²) in [4.78, 5) is 0. The minimum absolute atomic E-state index is 0.0140. The van der Waals surface area contributed by atoms with Crippen LogP contribution in [0.3, 0.4) is 0 Å². The van der Waals surface area contributed by atoms with Crippen molar-refractivity contribution in [3.05, 3.63) is 84.0 Å². The molecule has 0 radical (unpaired) electrons. The summed E-state index contributed by atoms with van der Waals surface area (Å²) in [5, 5.41) is 2.95. The summed E-state index contributed by atoms with van der Waals surface area (Å²) in [5.74, 6) is 0. The standard InChI is InChI=1S/C23H31NSi2/c1-19-17-20(2)23(3,18-19)26(24-25(4,5)6,21-13-9-7-10-14-21)22-15-11-8-12-16-22/h7-18,24H,1-6H3. The zero-order valence-corrected chi connectivity index (χ0v) is 18.9. The van der Waals surface area contributed by atoms with Crippen LogP contribution in [0.4, 0.5) is 0 Å². The van der Waals surface area contributed by atoms with Crippen LogP contribution in [0.1, 0.15) is 20.8 Å². The van der Waals surface area contributed by atoms with E-state index in [1.807, 2.05) is 0 Å². The molecule has 3 rings (SSSR count). The highest BCUT2D eigenvalue weighted by molar-refractivity contribution is 7.09. The molecule has 0 saturated carbocycles. The van der Waals surface area contributed by atoms with Gasteiger partial charge in [0, 0.05) is 5.04 Å². The van der Waals surface area contributed by atoms with Crippen molar-refractivity contribution < 1.29 is 0 Å². The first-order valence-corrected chi connectivity index (χ1v) is 15.0. The highest BCUT2D eigenvalue weighted by Crippen LogP contribution is 2.49. The maximum atomic E-state index is 4.33. The van der Waals surface area contributed by atoms with Crippen LogP contribution in [-0.4, -0.2) is 16.5 Å². The third-order valence-electron chi connectivity index (χ3n) is 5.53. The van der Waals surface area contributed by atoms with Gasteiger partial charge in [-0.05, 0) is 24.2 Å². The molecule has 1 aliphatic carbocycles. The maximum absolute atomic E-state index is 4.33. The maximum Gasteiger partial charge on any atom is 0.197 e. The summed E-state index contributed by atoms with van der Waals surface area (Å²) < 4.78 is 4.33. The fraction of sp³-hybridized carbons (Fsp3) is 0.304. The summed E-state index contributed by atoms with van der Waals surface area (Å²) in [7, 11) is -3.88. The molecule has 1 atom stereocenters. The molecule has 0 bridgehead atoms. The van der Waals surface area contributed by atoms with Crippen LogP contribution in [0, 0.1) is 0 Å². The number of nitrogens with one attached hydrogen (secondary N) is 1. The molecule has 0 saturated heterocycles. The lowest BCUT2D eigenvalue weighted by Gasteiger charge is -2.49. The van der Waals surface area contributed by atoms with E-state index in [0.29, 0.717) is 0 Å². The van der Waals surface area contributed by atoms with Crippen molar-refractivity contribution in [3.63, 3.8) is 0 Å². The first kappa shape index (κ1) is 19.1. The molecular formula is C23H31NSi2. The molecule has 26 heavy (non-hydrogen) atoms. The van der Waals surface area contributed by atoms with E-state index in [0.717, 1.165) is 0 Å². The molecule has 0 spiro atoms. The molecule has 2 aromatic rings. The van der Waals surface area contributed by atoms with Crippen molar-refractivity contribution in [1.29, 1.82) is 0 Å². The Morgan fingerprint density at radius 1 is 0.769 bits per heavy atom. The van der Waals surface area contributed by atoms with Crippen molar-refractivity contribution in [3.8, 4) is 0 Å². The Morgan fingerprint density at radius 3 is 1.58 bits per heavy atom. The lowest BCUT2D eigenvalue weighted by Crippen LogP contribution is -2.78. The van der Waals surface area contributed by atoms with Gasteiger partial charge in [-0.1, -0.05) is 111 Å². The smallest absolute Gasteiger partial charge is 0.197 e. The molecule has 0 fully saturated rings. The second kappa shape index (κ2) is 6.80. The zero-order valence-electron chi connectivity index (χ0n) is 16.9.